The Hall–Kier alpha value is -14.8. The second kappa shape index (κ2) is 48.2. The van der Waals surface area contributed by atoms with Crippen molar-refractivity contribution in [3.05, 3.63) is 167 Å². The standard InChI is InChI=1S/C30H30N6O15.C29H37N5O12.C16H20N4O9/c37-19-1-2-20(38)31(19)10-7-25(43)49-16-13-34-28(46)35(14-17-50-26(44)8-11-32-21(39)3-4-22(32)40)30(48)36(29(34)47)15-18-51-27(45)9-12-33-23(41)5-6-24(33)42;35-18-15-32-27(42)33(16-19-45-25(40)7-3-1-5-13-30-21(36)9-10-22(30)37)29(44)34(28(32)43)17-20-46-26(41)8-4-2-6-14-31-23(38)11-12-24(31)39;21-8-5-18-14(26)19(6-9-22)16(28)20(15(18)27)7-10-29-13(25)3-4-17-11(23)1-2-12(17)24/h1-6H,7-18H2;9-12,35H,1-8,13-20H2;1-2,21-22H,3-10H2. The summed E-state index contributed by atoms with van der Waals surface area (Å²) in [5, 5.41) is 27.4. The number of rotatable bonds is 48. The molecule has 12 amide bonds. The highest BCUT2D eigenvalue weighted by molar-refractivity contribution is 6.16. The molecule has 0 spiro atoms. The Labute approximate surface area is 706 Å². The number of aliphatic hydroxyl groups is 3. The van der Waals surface area contributed by atoms with Crippen LogP contribution in [0.15, 0.2) is 116 Å². The molecule has 0 atom stereocenters. The molecule has 0 bridgehead atoms. The molecular weight excluding hydrogens is 1690 g/mol. The van der Waals surface area contributed by atoms with Crippen LogP contribution in [0.1, 0.15) is 77.0 Å². The molecule has 3 aromatic rings. The Bertz CT molecular complexity index is 5050. The summed E-state index contributed by atoms with van der Waals surface area (Å²) in [6, 6.07) is 0. The number of aromatic nitrogens is 9. The molecule has 0 aromatic carbocycles. The third-order valence-electron chi connectivity index (χ3n) is 18.7. The predicted molar refractivity (Wildman–Crippen MR) is 415 cm³/mol. The van der Waals surface area contributed by atoms with Crippen LogP contribution in [0.2, 0.25) is 0 Å². The van der Waals surface area contributed by atoms with E-state index in [0.717, 1.165) is 78.0 Å². The summed E-state index contributed by atoms with van der Waals surface area (Å²) in [5.41, 5.74) is -9.45. The molecule has 678 valence electrons. The maximum absolute atomic E-state index is 13.2. The maximum atomic E-state index is 13.2. The van der Waals surface area contributed by atoms with Gasteiger partial charge >= 0.3 is 87.0 Å². The van der Waals surface area contributed by atoms with Crippen LogP contribution in [0.5, 0.6) is 0 Å². The molecule has 6 aliphatic heterocycles. The van der Waals surface area contributed by atoms with E-state index < -0.39 is 200 Å². The van der Waals surface area contributed by atoms with E-state index in [1.54, 1.807) is 0 Å². The number of imide groups is 6. The Kier molecular flexibility index (Phi) is 37.6. The van der Waals surface area contributed by atoms with Crippen molar-refractivity contribution in [2.24, 2.45) is 0 Å². The van der Waals surface area contributed by atoms with E-state index in [0.29, 0.717) is 79.6 Å². The number of carbonyl (C=O) groups excluding carboxylic acids is 18. The Morgan fingerprint density at radius 2 is 0.325 bits per heavy atom. The molecule has 0 radical (unpaired) electrons. The average Bonchev–Trinajstić information content (AvgIpc) is 1.11. The summed E-state index contributed by atoms with van der Waals surface area (Å²) in [4.78, 5) is 332. The molecule has 9 heterocycles. The lowest BCUT2D eigenvalue weighted by Gasteiger charge is -2.16. The summed E-state index contributed by atoms with van der Waals surface area (Å²) in [6.07, 6.45) is 14.8. The van der Waals surface area contributed by atoms with Crippen molar-refractivity contribution in [3.63, 3.8) is 0 Å². The summed E-state index contributed by atoms with van der Waals surface area (Å²) < 4.78 is 35.9. The number of ether oxygens (including phenoxy) is 6. The molecule has 3 aromatic heterocycles. The normalized spacial score (nSPS) is 14.4. The van der Waals surface area contributed by atoms with Crippen LogP contribution in [-0.2, 0) is 174 Å². The van der Waals surface area contributed by atoms with Gasteiger partial charge in [-0.15, -0.1) is 0 Å². The van der Waals surface area contributed by atoms with Crippen LogP contribution >= 0.6 is 0 Å². The van der Waals surface area contributed by atoms with Crippen molar-refractivity contribution < 1.29 is 130 Å². The molecule has 6 aliphatic rings. The van der Waals surface area contributed by atoms with E-state index >= 15 is 0 Å². The third kappa shape index (κ3) is 27.4. The third-order valence-corrected chi connectivity index (χ3v) is 18.7. The molecule has 9 rings (SSSR count). The van der Waals surface area contributed by atoms with Crippen molar-refractivity contribution in [2.45, 2.75) is 136 Å². The van der Waals surface area contributed by atoms with Gasteiger partial charge in [0.15, 0.2) is 0 Å². The van der Waals surface area contributed by atoms with E-state index in [1.165, 1.54) is 24.3 Å². The fourth-order valence-electron chi connectivity index (χ4n) is 12.2. The lowest BCUT2D eigenvalue weighted by atomic mass is 10.2. The van der Waals surface area contributed by atoms with E-state index in [9.17, 15) is 135 Å². The molecule has 126 heavy (non-hydrogen) atoms. The highest BCUT2D eigenvalue weighted by atomic mass is 16.6. The number of carbonyl (C=O) groups is 18. The van der Waals surface area contributed by atoms with Gasteiger partial charge in [0.05, 0.1) is 104 Å². The highest BCUT2D eigenvalue weighted by Gasteiger charge is 2.31. The maximum Gasteiger partial charge on any atom is 0.336 e. The van der Waals surface area contributed by atoms with E-state index in [1.807, 2.05) is 0 Å². The Morgan fingerprint density at radius 1 is 0.183 bits per heavy atom. The smallest absolute Gasteiger partial charge is 0.336 e. The summed E-state index contributed by atoms with van der Waals surface area (Å²) in [5.74, 6) is -10.8. The first-order valence-corrected chi connectivity index (χ1v) is 39.0. The van der Waals surface area contributed by atoms with Crippen LogP contribution in [0.4, 0.5) is 0 Å². The molecule has 0 aliphatic carbocycles. The van der Waals surface area contributed by atoms with Crippen molar-refractivity contribution >= 4 is 107 Å². The number of aliphatic hydroxyl groups excluding tert-OH is 3. The van der Waals surface area contributed by atoms with Crippen LogP contribution in [-0.4, -0.2) is 291 Å². The lowest BCUT2D eigenvalue weighted by Crippen LogP contribution is -2.55. The second-order valence-corrected chi connectivity index (χ2v) is 27.0. The number of hydrogen-bond donors (Lipinski definition) is 3. The number of esters is 6. The molecule has 0 saturated carbocycles. The minimum atomic E-state index is -1.17. The lowest BCUT2D eigenvalue weighted by molar-refractivity contribution is -0.147. The van der Waals surface area contributed by atoms with Crippen molar-refractivity contribution in [2.75, 3.05) is 98.7 Å². The van der Waals surface area contributed by atoms with Gasteiger partial charge in [-0.1, -0.05) is 12.8 Å². The largest absolute Gasteiger partial charge is 0.464 e. The van der Waals surface area contributed by atoms with Gasteiger partial charge in [0.1, 0.15) is 39.6 Å². The topological polar surface area (TPSA) is 641 Å². The molecule has 0 fully saturated rings. The van der Waals surface area contributed by atoms with E-state index in [2.05, 4.69) is 0 Å². The molecule has 51 nitrogen and oxygen atoms in total. The predicted octanol–water partition coefficient (Wildman–Crippen LogP) is -10.0. The minimum absolute atomic E-state index is 0.0317. The average molecular weight is 1770 g/mol. The SMILES string of the molecule is O=C(CCCCCN1C(=O)C=CC1=O)OCCn1c(=O)n(CCO)c(=O)n(CCOC(=O)CCCCCN2C(=O)C=CC2=O)c1=O.O=C(CCN1C(=O)C=CC1=O)OCCn1c(=O)n(CCO)c(=O)n(CCO)c1=O.O=C(CCN1C(=O)C=CC1=O)OCCn1c(=O)n(CCOC(=O)CCN2C(=O)C=CC2=O)c(=O)n(CCOC(=O)CCN2C(=O)C=CC2=O)c1=O. The molecule has 0 unspecified atom stereocenters. The fourth-order valence-corrected chi connectivity index (χ4v) is 12.2. The Morgan fingerprint density at radius 3 is 0.484 bits per heavy atom. The monoisotopic (exact) mass is 1770 g/mol. The zero-order valence-corrected chi connectivity index (χ0v) is 67.4. The summed E-state index contributed by atoms with van der Waals surface area (Å²) in [6.45, 7) is -8.78. The van der Waals surface area contributed by atoms with E-state index in [4.69, 9.17) is 38.6 Å². The number of nitrogens with zero attached hydrogens (tertiary/aromatic N) is 15. The van der Waals surface area contributed by atoms with Gasteiger partial charge < -0.3 is 43.7 Å². The molecule has 51 heteroatoms. The number of unbranched alkanes of at least 4 members (excludes halogenated alkanes) is 4. The summed E-state index contributed by atoms with van der Waals surface area (Å²) in [7, 11) is 0. The number of hydrogen-bond acceptors (Lipinski definition) is 36. The van der Waals surface area contributed by atoms with Crippen molar-refractivity contribution in [3.8, 4) is 0 Å². The van der Waals surface area contributed by atoms with Gasteiger partial charge in [0.2, 0.25) is 0 Å². The van der Waals surface area contributed by atoms with Gasteiger partial charge in [-0.3, -0.25) is 116 Å². The van der Waals surface area contributed by atoms with Gasteiger partial charge in [0.25, 0.3) is 70.9 Å². The van der Waals surface area contributed by atoms with Gasteiger partial charge in [-0.25, -0.2) is 84.3 Å². The molecular formula is C75H87N15O36. The minimum Gasteiger partial charge on any atom is -0.464 e. The number of amides is 12. The van der Waals surface area contributed by atoms with Gasteiger partial charge in [-0.2, -0.15) is 0 Å². The van der Waals surface area contributed by atoms with Crippen LogP contribution in [0.3, 0.4) is 0 Å². The van der Waals surface area contributed by atoms with Crippen LogP contribution < -0.4 is 51.2 Å². The van der Waals surface area contributed by atoms with Crippen molar-refractivity contribution in [1.29, 1.82) is 0 Å². The van der Waals surface area contributed by atoms with Crippen LogP contribution in [0, 0.1) is 0 Å². The summed E-state index contributed by atoms with van der Waals surface area (Å²) >= 11 is 0. The first-order valence-electron chi connectivity index (χ1n) is 39.0. The zero-order chi connectivity index (χ0) is 92.4. The highest BCUT2D eigenvalue weighted by Crippen LogP contribution is 2.13. The first-order chi connectivity index (χ1) is 60.1. The van der Waals surface area contributed by atoms with Gasteiger partial charge in [0, 0.05) is 125 Å². The quantitative estimate of drug-likeness (QED) is 0.0204. The van der Waals surface area contributed by atoms with Crippen molar-refractivity contribution in [1.82, 2.24) is 70.5 Å². The fraction of sp³-hybridized carbons (Fsp3) is 0.480. The molecule has 0 saturated heterocycles. The van der Waals surface area contributed by atoms with Crippen LogP contribution in [0.25, 0.3) is 0 Å². The zero-order valence-electron chi connectivity index (χ0n) is 67.4. The van der Waals surface area contributed by atoms with Gasteiger partial charge in [-0.05, 0) is 25.7 Å². The Balaban J connectivity index is 0.000000269. The molecule has 3 N–H and O–H groups in total. The second-order valence-electron chi connectivity index (χ2n) is 27.0. The first kappa shape index (κ1) is 98.3. The van der Waals surface area contributed by atoms with E-state index in [-0.39, 0.29) is 154 Å².